The standard InChI is InChI=1S/C19H25NO3S2/c1-3-5-10-25(22,23)20-14-7-9-16-18(12-14)24-17-11-13(4-2)6-8-15(17)19(16)21/h7,9,12-13,20H,3-6,8,10-11H2,1-2H3. The number of hydrogen-bond acceptors (Lipinski definition) is 4. The molecule has 1 aliphatic carbocycles. The fourth-order valence-electron chi connectivity index (χ4n) is 3.39. The van der Waals surface area contributed by atoms with Crippen LogP contribution in [0.3, 0.4) is 0 Å². The van der Waals surface area contributed by atoms with Crippen molar-refractivity contribution >= 4 is 37.1 Å². The van der Waals surface area contributed by atoms with Gasteiger partial charge in [0.05, 0.1) is 5.75 Å². The molecule has 0 amide bonds. The summed E-state index contributed by atoms with van der Waals surface area (Å²) in [4.78, 5) is 14.0. The number of rotatable bonds is 6. The minimum Gasteiger partial charge on any atom is -0.289 e. The van der Waals surface area contributed by atoms with Gasteiger partial charge < -0.3 is 0 Å². The first-order valence-corrected chi connectivity index (χ1v) is 11.5. The second-order valence-corrected chi connectivity index (χ2v) is 9.81. The third kappa shape index (κ3) is 4.06. The molecule has 2 aromatic rings. The Balaban J connectivity index is 1.96. The average molecular weight is 380 g/mol. The molecule has 6 heteroatoms. The van der Waals surface area contributed by atoms with Crippen molar-refractivity contribution in [3.05, 3.63) is 38.9 Å². The molecule has 4 nitrogen and oxygen atoms in total. The summed E-state index contributed by atoms with van der Waals surface area (Å²) in [5, 5.41) is 0.704. The van der Waals surface area contributed by atoms with E-state index in [1.807, 2.05) is 6.92 Å². The van der Waals surface area contributed by atoms with E-state index in [0.29, 0.717) is 23.4 Å². The second kappa shape index (κ2) is 7.46. The number of hydrogen-bond donors (Lipinski definition) is 1. The highest BCUT2D eigenvalue weighted by Crippen LogP contribution is 2.33. The third-order valence-electron chi connectivity index (χ3n) is 4.96. The van der Waals surface area contributed by atoms with E-state index in [1.165, 1.54) is 4.88 Å². The van der Waals surface area contributed by atoms with Crippen LogP contribution in [0.25, 0.3) is 10.1 Å². The Kier molecular flexibility index (Phi) is 5.49. The van der Waals surface area contributed by atoms with Crippen molar-refractivity contribution in [1.82, 2.24) is 0 Å². The number of benzene rings is 1. The molecule has 136 valence electrons. The van der Waals surface area contributed by atoms with Gasteiger partial charge in [-0.15, -0.1) is 11.3 Å². The molecular weight excluding hydrogens is 354 g/mol. The smallest absolute Gasteiger partial charge is 0.232 e. The predicted octanol–water partition coefficient (Wildman–Crippen LogP) is 4.32. The van der Waals surface area contributed by atoms with E-state index < -0.39 is 10.0 Å². The van der Waals surface area contributed by atoms with Gasteiger partial charge in [-0.1, -0.05) is 26.7 Å². The maximum absolute atomic E-state index is 12.8. The van der Waals surface area contributed by atoms with Gasteiger partial charge in [0, 0.05) is 26.2 Å². The molecule has 0 fully saturated rings. The van der Waals surface area contributed by atoms with Crippen LogP contribution >= 0.6 is 11.3 Å². The molecule has 1 unspecified atom stereocenters. The summed E-state index contributed by atoms with van der Waals surface area (Å²) < 4.78 is 27.7. The molecule has 25 heavy (non-hydrogen) atoms. The lowest BCUT2D eigenvalue weighted by Crippen LogP contribution is -2.20. The summed E-state index contributed by atoms with van der Waals surface area (Å²) in [5.41, 5.74) is 1.64. The number of anilines is 1. The summed E-state index contributed by atoms with van der Waals surface area (Å²) >= 11 is 1.65. The van der Waals surface area contributed by atoms with Crippen LogP contribution in [0.4, 0.5) is 5.69 Å². The van der Waals surface area contributed by atoms with Gasteiger partial charge in [-0.05, 0) is 49.8 Å². The van der Waals surface area contributed by atoms with Crippen molar-refractivity contribution in [2.45, 2.75) is 52.4 Å². The van der Waals surface area contributed by atoms with Crippen LogP contribution in [-0.4, -0.2) is 14.2 Å². The zero-order valence-electron chi connectivity index (χ0n) is 14.8. The SMILES string of the molecule is CCCCS(=O)(=O)Nc1ccc2c(=O)c3c(sc2c1)CC(CC)CC3. The van der Waals surface area contributed by atoms with Crippen molar-refractivity contribution in [2.24, 2.45) is 5.92 Å². The molecule has 0 radical (unpaired) electrons. The maximum atomic E-state index is 12.8. The minimum atomic E-state index is -3.33. The zero-order chi connectivity index (χ0) is 18.0. The normalized spacial score (nSPS) is 17.4. The Morgan fingerprint density at radius 1 is 1.28 bits per heavy atom. The Hall–Kier alpha value is -1.40. The molecule has 1 heterocycles. The Bertz CT molecular complexity index is 932. The van der Waals surface area contributed by atoms with E-state index >= 15 is 0 Å². The summed E-state index contributed by atoms with van der Waals surface area (Å²) in [5.74, 6) is 0.775. The van der Waals surface area contributed by atoms with Crippen LogP contribution in [0, 0.1) is 5.92 Å². The van der Waals surface area contributed by atoms with Crippen LogP contribution in [0.5, 0.6) is 0 Å². The van der Waals surface area contributed by atoms with Gasteiger partial charge in [-0.25, -0.2) is 8.42 Å². The molecule has 0 aliphatic heterocycles. The molecule has 1 aromatic heterocycles. The van der Waals surface area contributed by atoms with Gasteiger partial charge in [0.2, 0.25) is 10.0 Å². The fraction of sp³-hybridized carbons (Fsp3) is 0.526. The highest BCUT2D eigenvalue weighted by atomic mass is 32.2. The first kappa shape index (κ1) is 18.4. The number of fused-ring (bicyclic) bond motifs is 2. The molecule has 1 atom stereocenters. The van der Waals surface area contributed by atoms with E-state index in [-0.39, 0.29) is 11.2 Å². The van der Waals surface area contributed by atoms with Gasteiger partial charge in [0.25, 0.3) is 0 Å². The highest BCUT2D eigenvalue weighted by Gasteiger charge is 2.22. The minimum absolute atomic E-state index is 0.124. The van der Waals surface area contributed by atoms with E-state index in [4.69, 9.17) is 0 Å². The number of nitrogens with one attached hydrogen (secondary N) is 1. The van der Waals surface area contributed by atoms with Gasteiger partial charge in [-0.2, -0.15) is 0 Å². The Morgan fingerprint density at radius 3 is 2.80 bits per heavy atom. The quantitative estimate of drug-likeness (QED) is 0.813. The molecule has 0 spiro atoms. The first-order chi connectivity index (χ1) is 11.9. The summed E-state index contributed by atoms with van der Waals surface area (Å²) in [6.45, 7) is 4.17. The van der Waals surface area contributed by atoms with Crippen molar-refractivity contribution in [3.8, 4) is 0 Å². The Morgan fingerprint density at radius 2 is 2.08 bits per heavy atom. The van der Waals surface area contributed by atoms with Crippen molar-refractivity contribution in [3.63, 3.8) is 0 Å². The van der Waals surface area contributed by atoms with Crippen molar-refractivity contribution in [2.75, 3.05) is 10.5 Å². The van der Waals surface area contributed by atoms with Crippen LogP contribution in [-0.2, 0) is 22.9 Å². The Labute approximate surface area is 153 Å². The van der Waals surface area contributed by atoms with E-state index in [9.17, 15) is 13.2 Å². The average Bonchev–Trinajstić information content (AvgIpc) is 2.59. The topological polar surface area (TPSA) is 63.2 Å². The van der Waals surface area contributed by atoms with Crippen molar-refractivity contribution in [1.29, 1.82) is 0 Å². The van der Waals surface area contributed by atoms with Crippen molar-refractivity contribution < 1.29 is 8.42 Å². The zero-order valence-corrected chi connectivity index (χ0v) is 16.4. The third-order valence-corrected chi connectivity index (χ3v) is 7.55. The maximum Gasteiger partial charge on any atom is 0.232 e. The molecule has 0 saturated carbocycles. The van der Waals surface area contributed by atoms with Gasteiger partial charge >= 0.3 is 0 Å². The lowest BCUT2D eigenvalue weighted by Gasteiger charge is -2.22. The molecule has 0 saturated heterocycles. The largest absolute Gasteiger partial charge is 0.289 e. The van der Waals surface area contributed by atoms with Crippen LogP contribution in [0.15, 0.2) is 23.0 Å². The highest BCUT2D eigenvalue weighted by molar-refractivity contribution is 7.92. The molecule has 3 rings (SSSR count). The van der Waals surface area contributed by atoms with E-state index in [0.717, 1.165) is 42.4 Å². The van der Waals surface area contributed by atoms with Crippen LogP contribution < -0.4 is 10.2 Å². The molecule has 1 aromatic carbocycles. The lowest BCUT2D eigenvalue weighted by molar-refractivity contribution is 0.448. The van der Waals surface area contributed by atoms with E-state index in [2.05, 4.69) is 11.6 Å². The number of sulfonamides is 1. The first-order valence-electron chi connectivity index (χ1n) is 9.02. The van der Waals surface area contributed by atoms with Crippen LogP contribution in [0.2, 0.25) is 0 Å². The molecule has 1 aliphatic rings. The molecular formula is C19H25NO3S2. The van der Waals surface area contributed by atoms with Gasteiger partial charge in [0.15, 0.2) is 5.43 Å². The molecule has 0 bridgehead atoms. The lowest BCUT2D eigenvalue weighted by atomic mass is 9.87. The van der Waals surface area contributed by atoms with Crippen LogP contribution in [0.1, 0.15) is 50.0 Å². The monoisotopic (exact) mass is 379 g/mol. The second-order valence-electron chi connectivity index (χ2n) is 6.84. The van der Waals surface area contributed by atoms with Gasteiger partial charge in [-0.3, -0.25) is 9.52 Å². The summed E-state index contributed by atoms with van der Waals surface area (Å²) in [6.07, 6.45) is 5.54. The van der Waals surface area contributed by atoms with Gasteiger partial charge in [0.1, 0.15) is 0 Å². The number of unbranched alkanes of at least 4 members (excludes halogenated alkanes) is 1. The van der Waals surface area contributed by atoms with E-state index in [1.54, 1.807) is 29.5 Å². The summed E-state index contributed by atoms with van der Waals surface area (Å²) in [7, 11) is -3.33. The predicted molar refractivity (Wildman–Crippen MR) is 106 cm³/mol. The fourth-order valence-corrected chi connectivity index (χ4v) is 6.00. The molecule has 1 N–H and O–H groups in total. The summed E-state index contributed by atoms with van der Waals surface area (Å²) in [6, 6.07) is 5.27.